The fourth-order valence-corrected chi connectivity index (χ4v) is 5.18. The van der Waals surface area contributed by atoms with Gasteiger partial charge in [0.15, 0.2) is 11.5 Å². The molecule has 0 fully saturated rings. The molecule has 0 saturated heterocycles. The van der Waals surface area contributed by atoms with Gasteiger partial charge < -0.3 is 9.84 Å². The number of hydrogen-bond acceptors (Lipinski definition) is 6. The van der Waals surface area contributed by atoms with E-state index in [1.165, 1.54) is 31.5 Å². The van der Waals surface area contributed by atoms with Crippen LogP contribution >= 0.6 is 11.6 Å². The van der Waals surface area contributed by atoms with Crippen molar-refractivity contribution in [2.45, 2.75) is 4.90 Å². The lowest BCUT2D eigenvalue weighted by Gasteiger charge is -2.17. The van der Waals surface area contributed by atoms with E-state index in [9.17, 15) is 18.3 Å². The fourth-order valence-electron chi connectivity index (χ4n) is 3.30. The van der Waals surface area contributed by atoms with Crippen LogP contribution in [0.4, 0.5) is 5.69 Å². The van der Waals surface area contributed by atoms with Crippen molar-refractivity contribution in [3.8, 4) is 11.5 Å². The lowest BCUT2D eigenvalue weighted by Crippen LogP contribution is -2.37. The Morgan fingerprint density at radius 3 is 2.73 bits per heavy atom. The van der Waals surface area contributed by atoms with Crippen molar-refractivity contribution >= 4 is 50.2 Å². The topological polar surface area (TPSA) is 108 Å². The van der Waals surface area contributed by atoms with Gasteiger partial charge in [0.25, 0.3) is 15.9 Å². The first-order valence-corrected chi connectivity index (χ1v) is 10.6. The average molecular weight is 446 g/mol. The van der Waals surface area contributed by atoms with Gasteiger partial charge in [-0.1, -0.05) is 35.9 Å². The van der Waals surface area contributed by atoms with Crippen LogP contribution in [0.15, 0.2) is 58.5 Å². The zero-order valence-corrected chi connectivity index (χ0v) is 17.2. The predicted molar refractivity (Wildman–Crippen MR) is 114 cm³/mol. The molecule has 0 unspecified atom stereocenters. The molecule has 3 aromatic rings. The Balaban J connectivity index is 1.52. The maximum atomic E-state index is 12.9. The van der Waals surface area contributed by atoms with Crippen LogP contribution in [-0.4, -0.2) is 39.3 Å². The molecule has 1 amide bonds. The third-order valence-corrected chi connectivity index (χ3v) is 6.73. The summed E-state index contributed by atoms with van der Waals surface area (Å²) in [5, 5.41) is 15.0. The number of rotatable bonds is 5. The van der Waals surface area contributed by atoms with Crippen molar-refractivity contribution in [1.29, 1.82) is 0 Å². The minimum Gasteiger partial charge on any atom is -0.503 e. The number of anilines is 1. The molecule has 8 nitrogen and oxygen atoms in total. The molecule has 4 rings (SSSR count). The Labute approximate surface area is 177 Å². The van der Waals surface area contributed by atoms with Gasteiger partial charge in [0.05, 0.1) is 28.9 Å². The molecule has 2 N–H and O–H groups in total. The number of nitrogens with one attached hydrogen (secondary N) is 1. The van der Waals surface area contributed by atoms with Crippen LogP contribution in [0, 0.1) is 0 Å². The van der Waals surface area contributed by atoms with Gasteiger partial charge in [0.2, 0.25) is 0 Å². The van der Waals surface area contributed by atoms with E-state index in [4.69, 9.17) is 16.3 Å². The number of phenols is 1. The number of nitrogens with zero attached hydrogens (tertiary/aromatic N) is 2. The molecular formula is C20H16ClN3O5S. The van der Waals surface area contributed by atoms with Crippen molar-refractivity contribution in [3.63, 3.8) is 0 Å². The Morgan fingerprint density at radius 2 is 2.00 bits per heavy atom. The van der Waals surface area contributed by atoms with Crippen LogP contribution in [0.5, 0.6) is 11.5 Å². The van der Waals surface area contributed by atoms with Crippen LogP contribution in [0.25, 0.3) is 10.8 Å². The summed E-state index contributed by atoms with van der Waals surface area (Å²) in [6, 6.07) is 13.2. The van der Waals surface area contributed by atoms with E-state index >= 15 is 0 Å². The van der Waals surface area contributed by atoms with E-state index in [0.29, 0.717) is 16.6 Å². The molecule has 10 heteroatoms. The second kappa shape index (κ2) is 7.51. The molecule has 1 aliphatic heterocycles. The number of carbonyl (C=O) groups excluding carboxylic acids is 1. The number of halogens is 1. The molecule has 0 aliphatic carbocycles. The number of ether oxygens (including phenoxy) is 1. The highest BCUT2D eigenvalue weighted by molar-refractivity contribution is 7.93. The van der Waals surface area contributed by atoms with Crippen LogP contribution in [0.2, 0.25) is 5.02 Å². The van der Waals surface area contributed by atoms with Gasteiger partial charge in [0, 0.05) is 5.39 Å². The number of methoxy groups -OCH3 is 1. The Kier molecular flexibility index (Phi) is 5.00. The van der Waals surface area contributed by atoms with Gasteiger partial charge in [-0.15, -0.1) is 0 Å². The summed E-state index contributed by atoms with van der Waals surface area (Å²) in [5.74, 6) is -0.658. The van der Waals surface area contributed by atoms with Gasteiger partial charge in [-0.25, -0.2) is 13.8 Å². The zero-order valence-electron chi connectivity index (χ0n) is 15.7. The van der Waals surface area contributed by atoms with Gasteiger partial charge in [0.1, 0.15) is 6.54 Å². The average Bonchev–Trinajstić information content (AvgIpc) is 2.94. The minimum absolute atomic E-state index is 0.0659. The molecule has 3 aromatic carbocycles. The SMILES string of the molecule is COc1cc(/C=N\NC(=O)CN2c3cccc4cccc(c34)S2(=O)=O)cc(Cl)c1O. The van der Waals surface area contributed by atoms with E-state index < -0.39 is 22.5 Å². The molecule has 0 bridgehead atoms. The van der Waals surface area contributed by atoms with E-state index in [2.05, 4.69) is 10.5 Å². The van der Waals surface area contributed by atoms with Crippen LogP contribution in [0.1, 0.15) is 5.56 Å². The lowest BCUT2D eigenvalue weighted by molar-refractivity contribution is -0.119. The zero-order chi connectivity index (χ0) is 21.5. The number of phenolic OH excluding ortho intramolecular Hbond substituents is 1. The quantitative estimate of drug-likeness (QED) is 0.463. The highest BCUT2D eigenvalue weighted by Crippen LogP contribution is 2.41. The first kappa shape index (κ1) is 20.0. The van der Waals surface area contributed by atoms with Crippen molar-refractivity contribution in [2.24, 2.45) is 5.10 Å². The maximum absolute atomic E-state index is 12.9. The third kappa shape index (κ3) is 3.31. The summed E-state index contributed by atoms with van der Waals surface area (Å²) in [6.45, 7) is -0.423. The van der Waals surface area contributed by atoms with Crippen molar-refractivity contribution in [2.75, 3.05) is 18.0 Å². The number of amides is 1. The minimum atomic E-state index is -3.83. The first-order chi connectivity index (χ1) is 14.3. The van der Waals surface area contributed by atoms with Crippen LogP contribution < -0.4 is 14.5 Å². The molecule has 1 heterocycles. The highest BCUT2D eigenvalue weighted by Gasteiger charge is 2.36. The molecule has 0 saturated carbocycles. The van der Waals surface area contributed by atoms with Crippen molar-refractivity contribution < 1.29 is 23.1 Å². The van der Waals surface area contributed by atoms with E-state index in [1.54, 1.807) is 18.2 Å². The standard InChI is InChI=1S/C20H16ClN3O5S/c1-29-16-9-12(8-14(21)20(16)26)10-22-23-18(25)11-24-15-6-2-4-13-5-3-7-17(19(13)15)30(24,27)28/h2-10,26H,11H2,1H3,(H,23,25)/b22-10-. The Bertz CT molecular complexity index is 1300. The van der Waals surface area contributed by atoms with Crippen molar-refractivity contribution in [3.05, 3.63) is 59.1 Å². The Morgan fingerprint density at radius 1 is 1.27 bits per heavy atom. The predicted octanol–water partition coefficient (Wildman–Crippen LogP) is 2.87. The molecule has 0 atom stereocenters. The van der Waals surface area contributed by atoms with E-state index in [0.717, 1.165) is 9.69 Å². The summed E-state index contributed by atoms with van der Waals surface area (Å²) in [5.41, 5.74) is 3.23. The molecular weight excluding hydrogens is 430 g/mol. The number of hydrazone groups is 1. The second-order valence-corrected chi connectivity index (χ2v) is 8.73. The first-order valence-electron chi connectivity index (χ1n) is 8.76. The normalized spacial score (nSPS) is 14.4. The van der Waals surface area contributed by atoms with Crippen LogP contribution in [0.3, 0.4) is 0 Å². The lowest BCUT2D eigenvalue weighted by atomic mass is 10.1. The summed E-state index contributed by atoms with van der Waals surface area (Å²) < 4.78 is 31.9. The van der Waals surface area contributed by atoms with Gasteiger partial charge in [-0.05, 0) is 35.2 Å². The van der Waals surface area contributed by atoms with Gasteiger partial charge in [-0.3, -0.25) is 9.10 Å². The monoisotopic (exact) mass is 445 g/mol. The van der Waals surface area contributed by atoms with Crippen molar-refractivity contribution in [1.82, 2.24) is 5.43 Å². The van der Waals surface area contributed by atoms with Gasteiger partial charge >= 0.3 is 0 Å². The number of benzene rings is 3. The van der Waals surface area contributed by atoms with Crippen LogP contribution in [-0.2, 0) is 14.8 Å². The van der Waals surface area contributed by atoms with Gasteiger partial charge in [-0.2, -0.15) is 5.10 Å². The molecule has 30 heavy (non-hydrogen) atoms. The number of carbonyl (C=O) groups is 1. The molecule has 0 aromatic heterocycles. The van der Waals surface area contributed by atoms with E-state index in [-0.39, 0.29) is 21.4 Å². The highest BCUT2D eigenvalue weighted by atomic mass is 35.5. The smallest absolute Gasteiger partial charge is 0.265 e. The third-order valence-electron chi connectivity index (χ3n) is 4.64. The summed E-state index contributed by atoms with van der Waals surface area (Å²) >= 11 is 5.91. The molecule has 0 spiro atoms. The number of aromatic hydroxyl groups is 1. The molecule has 154 valence electrons. The fraction of sp³-hybridized carbons (Fsp3) is 0.100. The van der Waals surface area contributed by atoms with E-state index in [1.807, 2.05) is 12.1 Å². The number of hydrogen-bond donors (Lipinski definition) is 2. The summed E-state index contributed by atoms with van der Waals surface area (Å²) in [7, 11) is -2.45. The Hall–Kier alpha value is -3.30. The number of sulfonamides is 1. The largest absolute Gasteiger partial charge is 0.503 e. The molecule has 0 radical (unpaired) electrons. The summed E-state index contributed by atoms with van der Waals surface area (Å²) in [4.78, 5) is 12.5. The second-order valence-electron chi connectivity index (χ2n) is 6.49. The maximum Gasteiger partial charge on any atom is 0.265 e. The molecule has 1 aliphatic rings. The summed E-state index contributed by atoms with van der Waals surface area (Å²) in [6.07, 6.45) is 1.31.